The van der Waals surface area contributed by atoms with E-state index in [1.807, 2.05) is 64.1 Å². The molecule has 144 valence electrons. The molecule has 2 aromatic carbocycles. The summed E-state index contributed by atoms with van der Waals surface area (Å²) in [5, 5.41) is 2.90. The Bertz CT molecular complexity index is 960. The topological polar surface area (TPSA) is 66.5 Å². The van der Waals surface area contributed by atoms with Crippen molar-refractivity contribution in [3.63, 3.8) is 0 Å². The molecule has 3 rings (SSSR count). The van der Waals surface area contributed by atoms with Gasteiger partial charge < -0.3 is 5.32 Å². The Morgan fingerprint density at radius 1 is 1.04 bits per heavy atom. The molecule has 0 aromatic heterocycles. The largest absolute Gasteiger partial charge is 0.324 e. The maximum atomic E-state index is 13.4. The second-order valence-electron chi connectivity index (χ2n) is 7.31. The van der Waals surface area contributed by atoms with Crippen LogP contribution in [0.15, 0.2) is 41.3 Å². The zero-order valence-electron chi connectivity index (χ0n) is 16.2. The SMILES string of the molecule is Cc1cc(C)c(S(=O)(=O)N2CCCC2C(=O)Nc2ccccc2C)c(C)c1. The van der Waals surface area contributed by atoms with Gasteiger partial charge in [-0.2, -0.15) is 4.31 Å². The van der Waals surface area contributed by atoms with Crippen LogP contribution < -0.4 is 5.32 Å². The Balaban J connectivity index is 1.92. The van der Waals surface area contributed by atoms with Gasteiger partial charge in [-0.3, -0.25) is 4.79 Å². The molecule has 1 amide bonds. The number of carbonyl (C=O) groups excluding carboxylic acids is 1. The van der Waals surface area contributed by atoms with Gasteiger partial charge >= 0.3 is 0 Å². The number of rotatable bonds is 4. The fourth-order valence-electron chi connectivity index (χ4n) is 3.91. The van der Waals surface area contributed by atoms with Crippen LogP contribution in [-0.2, 0) is 14.8 Å². The van der Waals surface area contributed by atoms with Crippen LogP contribution in [0, 0.1) is 27.7 Å². The lowest BCUT2D eigenvalue weighted by atomic mass is 10.1. The summed E-state index contributed by atoms with van der Waals surface area (Å²) in [4.78, 5) is 13.2. The molecule has 1 aliphatic rings. The first-order chi connectivity index (χ1) is 12.7. The van der Waals surface area contributed by atoms with Crippen molar-refractivity contribution in [3.05, 3.63) is 58.7 Å². The van der Waals surface area contributed by atoms with Gasteiger partial charge in [0.05, 0.1) is 4.90 Å². The van der Waals surface area contributed by atoms with Crippen molar-refractivity contribution in [1.82, 2.24) is 4.31 Å². The van der Waals surface area contributed by atoms with Gasteiger partial charge in [-0.1, -0.05) is 35.9 Å². The average Bonchev–Trinajstić information content (AvgIpc) is 3.06. The van der Waals surface area contributed by atoms with Gasteiger partial charge in [0.15, 0.2) is 0 Å². The molecule has 1 fully saturated rings. The predicted molar refractivity (Wildman–Crippen MR) is 107 cm³/mol. The van der Waals surface area contributed by atoms with E-state index in [4.69, 9.17) is 0 Å². The summed E-state index contributed by atoms with van der Waals surface area (Å²) >= 11 is 0. The first kappa shape index (κ1) is 19.6. The monoisotopic (exact) mass is 386 g/mol. The van der Waals surface area contributed by atoms with Gasteiger partial charge in [-0.15, -0.1) is 0 Å². The van der Waals surface area contributed by atoms with Crippen LogP contribution in [0.2, 0.25) is 0 Å². The van der Waals surface area contributed by atoms with Crippen molar-refractivity contribution in [2.75, 3.05) is 11.9 Å². The number of carbonyl (C=O) groups is 1. The minimum Gasteiger partial charge on any atom is -0.324 e. The zero-order valence-corrected chi connectivity index (χ0v) is 17.1. The second-order valence-corrected chi connectivity index (χ2v) is 9.13. The number of nitrogens with one attached hydrogen (secondary N) is 1. The van der Waals surface area contributed by atoms with E-state index in [1.54, 1.807) is 0 Å². The lowest BCUT2D eigenvalue weighted by Gasteiger charge is -2.25. The number of sulfonamides is 1. The van der Waals surface area contributed by atoms with Crippen LogP contribution in [-0.4, -0.2) is 31.2 Å². The quantitative estimate of drug-likeness (QED) is 0.871. The van der Waals surface area contributed by atoms with Gasteiger partial charge in [0, 0.05) is 12.2 Å². The maximum absolute atomic E-state index is 13.4. The summed E-state index contributed by atoms with van der Waals surface area (Å²) in [5.41, 5.74) is 4.13. The molecule has 0 aliphatic carbocycles. The normalized spacial score (nSPS) is 17.9. The number of anilines is 1. The molecule has 5 nitrogen and oxygen atoms in total. The number of hydrogen-bond donors (Lipinski definition) is 1. The Kier molecular flexibility index (Phi) is 5.40. The number of benzene rings is 2. The number of amides is 1. The van der Waals surface area contributed by atoms with Gasteiger partial charge in [-0.05, 0) is 63.3 Å². The first-order valence-electron chi connectivity index (χ1n) is 9.18. The van der Waals surface area contributed by atoms with Crippen molar-refractivity contribution in [3.8, 4) is 0 Å². The number of nitrogens with zero attached hydrogens (tertiary/aromatic N) is 1. The van der Waals surface area contributed by atoms with E-state index in [2.05, 4.69) is 5.32 Å². The average molecular weight is 387 g/mol. The molecule has 0 saturated carbocycles. The number of aryl methyl sites for hydroxylation is 4. The molecule has 1 aliphatic heterocycles. The van der Waals surface area contributed by atoms with E-state index in [0.29, 0.717) is 24.3 Å². The molecular weight excluding hydrogens is 360 g/mol. The smallest absolute Gasteiger partial charge is 0.244 e. The minimum absolute atomic E-state index is 0.271. The Hall–Kier alpha value is -2.18. The van der Waals surface area contributed by atoms with Crippen molar-refractivity contribution in [2.24, 2.45) is 0 Å². The summed E-state index contributed by atoms with van der Waals surface area (Å²) in [6.45, 7) is 7.85. The van der Waals surface area contributed by atoms with E-state index in [1.165, 1.54) is 4.31 Å². The van der Waals surface area contributed by atoms with E-state index in [-0.39, 0.29) is 5.91 Å². The Morgan fingerprint density at radius 3 is 2.30 bits per heavy atom. The molecule has 2 aromatic rings. The maximum Gasteiger partial charge on any atom is 0.244 e. The summed E-state index contributed by atoms with van der Waals surface area (Å²) in [6.07, 6.45) is 1.20. The fourth-order valence-corrected chi connectivity index (χ4v) is 5.98. The summed E-state index contributed by atoms with van der Waals surface area (Å²) in [6, 6.07) is 10.6. The molecule has 0 bridgehead atoms. The number of para-hydroxylation sites is 1. The van der Waals surface area contributed by atoms with Crippen molar-refractivity contribution >= 4 is 21.6 Å². The fraction of sp³-hybridized carbons (Fsp3) is 0.381. The Morgan fingerprint density at radius 2 is 1.67 bits per heavy atom. The third kappa shape index (κ3) is 3.77. The van der Waals surface area contributed by atoms with Crippen molar-refractivity contribution < 1.29 is 13.2 Å². The van der Waals surface area contributed by atoms with Gasteiger partial charge in [-0.25, -0.2) is 8.42 Å². The Labute approximate surface area is 161 Å². The molecule has 27 heavy (non-hydrogen) atoms. The van der Waals surface area contributed by atoms with Crippen molar-refractivity contribution in [1.29, 1.82) is 0 Å². The highest BCUT2D eigenvalue weighted by Gasteiger charge is 2.40. The van der Waals surface area contributed by atoms with E-state index >= 15 is 0 Å². The van der Waals surface area contributed by atoms with Crippen LogP contribution in [0.1, 0.15) is 35.1 Å². The third-order valence-corrected chi connectivity index (χ3v) is 7.29. The molecule has 6 heteroatoms. The first-order valence-corrected chi connectivity index (χ1v) is 10.6. The summed E-state index contributed by atoms with van der Waals surface area (Å²) in [5.74, 6) is -0.271. The molecule has 1 unspecified atom stereocenters. The highest BCUT2D eigenvalue weighted by Crippen LogP contribution is 2.31. The van der Waals surface area contributed by atoms with Crippen LogP contribution in [0.4, 0.5) is 5.69 Å². The highest BCUT2D eigenvalue weighted by molar-refractivity contribution is 7.89. The van der Waals surface area contributed by atoms with Gasteiger partial charge in [0.25, 0.3) is 0 Å². The summed E-state index contributed by atoms with van der Waals surface area (Å²) in [7, 11) is -3.74. The van der Waals surface area contributed by atoms with Gasteiger partial charge in [0.2, 0.25) is 15.9 Å². The van der Waals surface area contributed by atoms with E-state index in [9.17, 15) is 13.2 Å². The van der Waals surface area contributed by atoms with Gasteiger partial charge in [0.1, 0.15) is 6.04 Å². The highest BCUT2D eigenvalue weighted by atomic mass is 32.2. The second kappa shape index (κ2) is 7.44. The van der Waals surface area contributed by atoms with Crippen LogP contribution >= 0.6 is 0 Å². The standard InChI is InChI=1S/C21H26N2O3S/c1-14-12-16(3)20(17(4)13-14)27(25,26)23-11-7-10-19(23)21(24)22-18-9-6-5-8-15(18)2/h5-6,8-9,12-13,19H,7,10-11H2,1-4H3,(H,22,24). The lowest BCUT2D eigenvalue weighted by molar-refractivity contribution is -0.119. The molecule has 0 spiro atoms. The summed E-state index contributed by atoms with van der Waals surface area (Å²) < 4.78 is 28.1. The van der Waals surface area contributed by atoms with E-state index < -0.39 is 16.1 Å². The minimum atomic E-state index is -3.74. The van der Waals surface area contributed by atoms with Crippen LogP contribution in [0.25, 0.3) is 0 Å². The predicted octanol–water partition coefficient (Wildman–Crippen LogP) is 3.71. The third-order valence-electron chi connectivity index (χ3n) is 5.08. The molecule has 1 heterocycles. The molecular formula is C21H26N2O3S. The molecule has 1 saturated heterocycles. The van der Waals surface area contributed by atoms with E-state index in [0.717, 1.165) is 27.9 Å². The molecule has 1 N–H and O–H groups in total. The van der Waals surface area contributed by atoms with Crippen molar-refractivity contribution in [2.45, 2.75) is 51.5 Å². The number of hydrogen-bond acceptors (Lipinski definition) is 3. The van der Waals surface area contributed by atoms with Crippen LogP contribution in [0.3, 0.4) is 0 Å². The zero-order chi connectivity index (χ0) is 19.8. The molecule has 0 radical (unpaired) electrons. The lowest BCUT2D eigenvalue weighted by Crippen LogP contribution is -2.43. The van der Waals surface area contributed by atoms with Crippen LogP contribution in [0.5, 0.6) is 0 Å². The molecule has 1 atom stereocenters.